The number of likely N-dealkylation sites (N-methyl/N-ethyl adjacent to an activating group) is 1. The van der Waals surface area contributed by atoms with Gasteiger partial charge in [0.1, 0.15) is 19.8 Å². The molecule has 0 aromatic carbocycles. The number of rotatable bonds is 57. The highest BCUT2D eigenvalue weighted by atomic mass is 31.2. The third kappa shape index (κ3) is 59.1. The SMILES string of the molecule is CC/C=C\C/C=C\C/C=C\C/C=C\CCCCC(=O)OC(COC(=O)CCCCCCCCCCCCCCCCCCCCCCCCCCCCCCCCCCCC)COP(=O)(O)OCC[N+](C)(C)C. The third-order valence-corrected chi connectivity index (χ3v) is 14.6. The van der Waals surface area contributed by atoms with Crippen LogP contribution in [0.4, 0.5) is 0 Å². The number of phosphoric acid groups is 1. The molecule has 9 nitrogen and oxygen atoms in total. The van der Waals surface area contributed by atoms with Crippen molar-refractivity contribution in [3.05, 3.63) is 48.6 Å². The molecular formula is C63H119NO8P+. The van der Waals surface area contributed by atoms with Crippen LogP contribution in [-0.4, -0.2) is 74.9 Å². The number of carbonyl (C=O) groups excluding carboxylic acids is 2. The van der Waals surface area contributed by atoms with Crippen molar-refractivity contribution in [1.82, 2.24) is 0 Å². The van der Waals surface area contributed by atoms with Gasteiger partial charge >= 0.3 is 19.8 Å². The average molecular weight is 1050 g/mol. The van der Waals surface area contributed by atoms with Crippen molar-refractivity contribution in [2.24, 2.45) is 0 Å². The van der Waals surface area contributed by atoms with Gasteiger partial charge in [-0.05, 0) is 51.4 Å². The van der Waals surface area contributed by atoms with Crippen molar-refractivity contribution in [2.45, 2.75) is 296 Å². The summed E-state index contributed by atoms with van der Waals surface area (Å²) in [5.41, 5.74) is 0. The Hall–Kier alpha value is -2.03. The molecule has 0 rings (SSSR count). The topological polar surface area (TPSA) is 108 Å². The van der Waals surface area contributed by atoms with Gasteiger partial charge in [-0.2, -0.15) is 0 Å². The van der Waals surface area contributed by atoms with E-state index >= 15 is 0 Å². The number of esters is 2. The number of carbonyl (C=O) groups is 2. The molecule has 0 aromatic rings. The first kappa shape index (κ1) is 71.0. The number of allylic oxidation sites excluding steroid dienone is 8. The van der Waals surface area contributed by atoms with E-state index in [-0.39, 0.29) is 32.0 Å². The van der Waals surface area contributed by atoms with Crippen LogP contribution in [0.15, 0.2) is 48.6 Å². The summed E-state index contributed by atoms with van der Waals surface area (Å²) in [6, 6.07) is 0. The molecule has 2 unspecified atom stereocenters. The summed E-state index contributed by atoms with van der Waals surface area (Å²) in [6.07, 6.45) is 69.5. The number of quaternary nitrogens is 1. The van der Waals surface area contributed by atoms with Gasteiger partial charge in [-0.3, -0.25) is 18.6 Å². The predicted octanol–water partition coefficient (Wildman–Crippen LogP) is 19.3. The monoisotopic (exact) mass is 1050 g/mol. The molecule has 0 aromatic heterocycles. The summed E-state index contributed by atoms with van der Waals surface area (Å²) in [5, 5.41) is 0. The quantitative estimate of drug-likeness (QED) is 0.0211. The molecule has 0 aliphatic carbocycles. The van der Waals surface area contributed by atoms with E-state index in [0.29, 0.717) is 17.4 Å². The smallest absolute Gasteiger partial charge is 0.462 e. The van der Waals surface area contributed by atoms with Crippen LogP contribution in [0.2, 0.25) is 0 Å². The highest BCUT2D eigenvalue weighted by Gasteiger charge is 2.27. The van der Waals surface area contributed by atoms with Gasteiger partial charge in [0.15, 0.2) is 6.10 Å². The van der Waals surface area contributed by atoms with E-state index < -0.39 is 26.5 Å². The van der Waals surface area contributed by atoms with E-state index in [4.69, 9.17) is 18.5 Å². The minimum absolute atomic E-state index is 0.0236. The molecule has 1 N–H and O–H groups in total. The molecule has 10 heteroatoms. The number of hydrogen-bond donors (Lipinski definition) is 1. The van der Waals surface area contributed by atoms with Crippen molar-refractivity contribution in [2.75, 3.05) is 47.5 Å². The lowest BCUT2D eigenvalue weighted by Gasteiger charge is -2.24. The van der Waals surface area contributed by atoms with Gasteiger partial charge in [0, 0.05) is 12.8 Å². The molecule has 0 spiro atoms. The number of nitrogens with zero attached hydrogens (tertiary/aromatic N) is 1. The van der Waals surface area contributed by atoms with E-state index in [9.17, 15) is 19.0 Å². The van der Waals surface area contributed by atoms with E-state index in [1.807, 2.05) is 21.1 Å². The zero-order chi connectivity index (χ0) is 53.5. The van der Waals surface area contributed by atoms with Gasteiger partial charge in [0.05, 0.1) is 27.7 Å². The first-order valence-corrected chi connectivity index (χ1v) is 32.4. The van der Waals surface area contributed by atoms with Crippen LogP contribution in [-0.2, 0) is 32.7 Å². The number of unbranched alkanes of at least 4 members (excludes halogenated alkanes) is 35. The summed E-state index contributed by atoms with van der Waals surface area (Å²) >= 11 is 0. The summed E-state index contributed by atoms with van der Waals surface area (Å²) in [7, 11) is 1.46. The lowest BCUT2D eigenvalue weighted by molar-refractivity contribution is -0.870. The molecular weight excluding hydrogens is 930 g/mol. The standard InChI is InChI=1S/C63H118NO8P/c1-6-8-10-12-14-16-18-20-22-23-24-25-26-27-28-29-30-31-32-33-34-35-36-37-38-39-40-42-43-45-47-49-51-53-55-62(65)69-59-61(60-71-73(67,68)70-58-57-64(3,4)5)72-63(66)56-54-52-50-48-46-44-41-21-19-17-15-13-11-9-7-2/h9,11,15,17,21,41,46,48,61H,6-8,10,12-14,16,18-20,22-40,42-45,47,49-60H2,1-5H3/p+1/b11-9-,17-15-,41-21-,48-46-. The van der Waals surface area contributed by atoms with Crippen molar-refractivity contribution < 1.29 is 42.1 Å². The Balaban J connectivity index is 3.96. The average Bonchev–Trinajstić information content (AvgIpc) is 3.35. The second-order valence-electron chi connectivity index (χ2n) is 22.1. The maximum absolute atomic E-state index is 12.7. The summed E-state index contributed by atoms with van der Waals surface area (Å²) in [6.45, 7) is 4.30. The number of ether oxygens (including phenoxy) is 2. The number of phosphoric ester groups is 1. The Morgan fingerprint density at radius 1 is 0.438 bits per heavy atom. The fraction of sp³-hybridized carbons (Fsp3) is 0.841. The Labute approximate surface area is 452 Å². The molecule has 0 radical (unpaired) electrons. The molecule has 0 bridgehead atoms. The van der Waals surface area contributed by atoms with Crippen molar-refractivity contribution in [1.29, 1.82) is 0 Å². The normalized spacial score (nSPS) is 13.6. The van der Waals surface area contributed by atoms with Crippen LogP contribution >= 0.6 is 7.82 Å². The maximum atomic E-state index is 12.7. The highest BCUT2D eigenvalue weighted by Crippen LogP contribution is 2.43. The summed E-state index contributed by atoms with van der Waals surface area (Å²) in [4.78, 5) is 35.6. The zero-order valence-electron chi connectivity index (χ0n) is 48.6. The first-order valence-electron chi connectivity index (χ1n) is 30.9. The molecule has 0 amide bonds. The number of hydrogen-bond acceptors (Lipinski definition) is 7. The third-order valence-electron chi connectivity index (χ3n) is 13.6. The van der Waals surface area contributed by atoms with Crippen LogP contribution in [0.5, 0.6) is 0 Å². The second-order valence-corrected chi connectivity index (χ2v) is 23.5. The Morgan fingerprint density at radius 2 is 0.781 bits per heavy atom. The lowest BCUT2D eigenvalue weighted by atomic mass is 10.0. The van der Waals surface area contributed by atoms with Gasteiger partial charge in [-0.25, -0.2) is 4.57 Å². The van der Waals surface area contributed by atoms with E-state index in [2.05, 4.69) is 62.5 Å². The van der Waals surface area contributed by atoms with Crippen LogP contribution in [0.3, 0.4) is 0 Å². The van der Waals surface area contributed by atoms with Gasteiger partial charge in [0.2, 0.25) is 0 Å². The van der Waals surface area contributed by atoms with Crippen molar-refractivity contribution in [3.8, 4) is 0 Å². The van der Waals surface area contributed by atoms with Gasteiger partial charge < -0.3 is 18.9 Å². The minimum Gasteiger partial charge on any atom is -0.462 e. The van der Waals surface area contributed by atoms with E-state index in [1.165, 1.54) is 199 Å². The Kier molecular flexibility index (Phi) is 53.2. The van der Waals surface area contributed by atoms with Crippen LogP contribution < -0.4 is 0 Å². The Bertz CT molecular complexity index is 1370. The van der Waals surface area contributed by atoms with Gasteiger partial charge in [-0.15, -0.1) is 0 Å². The predicted molar refractivity (Wildman–Crippen MR) is 312 cm³/mol. The molecule has 0 saturated carbocycles. The Morgan fingerprint density at radius 3 is 1.16 bits per heavy atom. The van der Waals surface area contributed by atoms with Crippen LogP contribution in [0, 0.1) is 0 Å². The van der Waals surface area contributed by atoms with E-state index in [1.54, 1.807) is 0 Å². The van der Waals surface area contributed by atoms with Gasteiger partial charge in [-0.1, -0.05) is 274 Å². The largest absolute Gasteiger partial charge is 0.472 e. The summed E-state index contributed by atoms with van der Waals surface area (Å²) in [5.74, 6) is -0.837. The minimum atomic E-state index is -4.39. The zero-order valence-corrected chi connectivity index (χ0v) is 49.5. The molecule has 73 heavy (non-hydrogen) atoms. The van der Waals surface area contributed by atoms with Crippen molar-refractivity contribution in [3.63, 3.8) is 0 Å². The van der Waals surface area contributed by atoms with Crippen LogP contribution in [0.25, 0.3) is 0 Å². The summed E-state index contributed by atoms with van der Waals surface area (Å²) < 4.78 is 34.5. The molecule has 0 saturated heterocycles. The highest BCUT2D eigenvalue weighted by molar-refractivity contribution is 7.47. The van der Waals surface area contributed by atoms with Gasteiger partial charge in [0.25, 0.3) is 0 Å². The second kappa shape index (κ2) is 54.7. The molecule has 0 fully saturated rings. The molecule has 0 heterocycles. The fourth-order valence-corrected chi connectivity index (χ4v) is 9.63. The van der Waals surface area contributed by atoms with Crippen LogP contribution in [0.1, 0.15) is 290 Å². The lowest BCUT2D eigenvalue weighted by Crippen LogP contribution is -2.37. The maximum Gasteiger partial charge on any atom is 0.472 e. The van der Waals surface area contributed by atoms with Crippen molar-refractivity contribution >= 4 is 19.8 Å². The fourth-order valence-electron chi connectivity index (χ4n) is 8.89. The molecule has 2 atom stereocenters. The molecule has 0 aliphatic heterocycles. The van der Waals surface area contributed by atoms with E-state index in [0.717, 1.165) is 57.8 Å². The molecule has 0 aliphatic rings. The first-order chi connectivity index (χ1) is 35.5. The molecule has 428 valence electrons.